The maximum atomic E-state index is 4.40. The Hall–Kier alpha value is -0.300. The molecule has 1 saturated heterocycles. The van der Waals surface area contributed by atoms with E-state index in [1.165, 1.54) is 32.4 Å². The first-order valence-corrected chi connectivity index (χ1v) is 8.29. The summed E-state index contributed by atoms with van der Waals surface area (Å²) in [6.07, 6.45) is 8.20. The number of nitrogens with one attached hydrogen (secondary N) is 1. The maximum Gasteiger partial charge on any atom is 0.193 e. The fraction of sp³-hybridized carbons (Fsp3) is 0.824. The van der Waals surface area contributed by atoms with E-state index in [1.54, 1.807) is 0 Å². The molecule has 22 heavy (non-hydrogen) atoms. The van der Waals surface area contributed by atoms with Crippen LogP contribution >= 0.6 is 24.0 Å². The van der Waals surface area contributed by atoms with Crippen LogP contribution in [-0.2, 0) is 0 Å². The van der Waals surface area contributed by atoms with Gasteiger partial charge >= 0.3 is 0 Å². The zero-order valence-electron chi connectivity index (χ0n) is 14.9. The zero-order valence-corrected chi connectivity index (χ0v) is 17.2. The number of guanidine groups is 1. The third-order valence-electron chi connectivity index (χ3n) is 4.37. The van der Waals surface area contributed by atoms with E-state index in [-0.39, 0.29) is 29.5 Å². The van der Waals surface area contributed by atoms with Crippen molar-refractivity contribution in [1.29, 1.82) is 0 Å². The summed E-state index contributed by atoms with van der Waals surface area (Å²) in [4.78, 5) is 9.21. The van der Waals surface area contributed by atoms with Crippen molar-refractivity contribution in [3.05, 3.63) is 12.7 Å². The molecule has 1 aliphatic heterocycles. The molecule has 0 aromatic carbocycles. The van der Waals surface area contributed by atoms with E-state index in [4.69, 9.17) is 0 Å². The molecule has 0 unspecified atom stereocenters. The van der Waals surface area contributed by atoms with Gasteiger partial charge in [0, 0.05) is 32.7 Å². The quantitative estimate of drug-likeness (QED) is 0.225. The first-order chi connectivity index (χ1) is 10.0. The zero-order chi connectivity index (χ0) is 15.7. The number of nitrogens with zero attached hydrogens (tertiary/aromatic N) is 3. The highest BCUT2D eigenvalue weighted by Crippen LogP contribution is 2.19. The first-order valence-electron chi connectivity index (χ1n) is 8.29. The number of aliphatic imine (C=N–C) groups is 1. The summed E-state index contributed by atoms with van der Waals surface area (Å²) in [7, 11) is 3.96. The monoisotopic (exact) mass is 422 g/mol. The van der Waals surface area contributed by atoms with Crippen molar-refractivity contribution in [3.8, 4) is 0 Å². The standard InChI is InChI=1S/C17H34N4.HI/c1-6-7-9-12-20(5)16(18-4)19-15-17(2,3)21-13-10-8-11-14-21;/h6H,1,7-15H2,2-5H3,(H,18,19);1H. The van der Waals surface area contributed by atoms with Gasteiger partial charge in [0.1, 0.15) is 0 Å². The van der Waals surface area contributed by atoms with E-state index in [0.717, 1.165) is 31.9 Å². The van der Waals surface area contributed by atoms with Crippen LogP contribution in [0, 0.1) is 0 Å². The number of rotatable bonds is 7. The van der Waals surface area contributed by atoms with Crippen LogP contribution in [0.3, 0.4) is 0 Å². The topological polar surface area (TPSA) is 30.9 Å². The summed E-state index contributed by atoms with van der Waals surface area (Å²) in [6.45, 7) is 12.8. The van der Waals surface area contributed by atoms with Crippen molar-refractivity contribution in [3.63, 3.8) is 0 Å². The Bertz CT molecular complexity index is 336. The molecule has 1 N–H and O–H groups in total. The van der Waals surface area contributed by atoms with E-state index >= 15 is 0 Å². The summed E-state index contributed by atoms with van der Waals surface area (Å²) in [5.41, 5.74) is 0.179. The Labute approximate surface area is 154 Å². The number of piperidine rings is 1. The third-order valence-corrected chi connectivity index (χ3v) is 4.37. The second-order valence-corrected chi connectivity index (χ2v) is 6.61. The smallest absolute Gasteiger partial charge is 0.193 e. The van der Waals surface area contributed by atoms with E-state index < -0.39 is 0 Å². The normalized spacial score (nSPS) is 16.8. The van der Waals surface area contributed by atoms with E-state index in [1.807, 2.05) is 13.1 Å². The molecule has 1 fully saturated rings. The fourth-order valence-electron chi connectivity index (χ4n) is 2.87. The SMILES string of the molecule is C=CCCCN(C)C(=NC)NCC(C)(C)N1CCCCC1.I. The van der Waals surface area contributed by atoms with Crippen molar-refractivity contribution in [2.75, 3.05) is 40.3 Å². The molecule has 130 valence electrons. The molecule has 0 radical (unpaired) electrons. The Kier molecular flexibility index (Phi) is 11.1. The largest absolute Gasteiger partial charge is 0.354 e. The van der Waals surface area contributed by atoms with Crippen LogP contribution in [0.25, 0.3) is 0 Å². The lowest BCUT2D eigenvalue weighted by Crippen LogP contribution is -2.55. The van der Waals surface area contributed by atoms with Crippen molar-refractivity contribution >= 4 is 29.9 Å². The molecule has 5 heteroatoms. The van der Waals surface area contributed by atoms with Crippen LogP contribution < -0.4 is 5.32 Å². The van der Waals surface area contributed by atoms with Gasteiger partial charge in [-0.25, -0.2) is 0 Å². The molecule has 0 saturated carbocycles. The molecule has 0 aromatic rings. The molecule has 0 bridgehead atoms. The van der Waals surface area contributed by atoms with E-state index in [9.17, 15) is 0 Å². The van der Waals surface area contributed by atoms with Gasteiger partial charge < -0.3 is 10.2 Å². The highest BCUT2D eigenvalue weighted by atomic mass is 127. The van der Waals surface area contributed by atoms with Gasteiger partial charge in [0.05, 0.1) is 0 Å². The highest BCUT2D eigenvalue weighted by Gasteiger charge is 2.28. The molecular weight excluding hydrogens is 387 g/mol. The lowest BCUT2D eigenvalue weighted by atomic mass is 9.98. The van der Waals surface area contributed by atoms with Gasteiger partial charge in [0.15, 0.2) is 5.96 Å². The minimum Gasteiger partial charge on any atom is -0.354 e. The van der Waals surface area contributed by atoms with Crippen molar-refractivity contribution in [1.82, 2.24) is 15.1 Å². The molecule has 0 aliphatic carbocycles. The molecule has 4 nitrogen and oxygen atoms in total. The Morgan fingerprint density at radius 3 is 2.50 bits per heavy atom. The third kappa shape index (κ3) is 7.31. The number of halogens is 1. The van der Waals surface area contributed by atoms with Crippen LogP contribution in [-0.4, -0.2) is 61.6 Å². The fourth-order valence-corrected chi connectivity index (χ4v) is 2.87. The maximum absolute atomic E-state index is 4.40. The molecule has 1 aliphatic rings. The summed E-state index contributed by atoms with van der Waals surface area (Å²) in [5.74, 6) is 0.990. The summed E-state index contributed by atoms with van der Waals surface area (Å²) in [6, 6.07) is 0. The summed E-state index contributed by atoms with van der Waals surface area (Å²) in [5, 5.41) is 3.54. The second kappa shape index (κ2) is 11.3. The highest BCUT2D eigenvalue weighted by molar-refractivity contribution is 14.0. The van der Waals surface area contributed by atoms with E-state index in [2.05, 4.69) is 47.6 Å². The molecule has 1 rings (SSSR count). The molecule has 0 amide bonds. The summed E-state index contributed by atoms with van der Waals surface area (Å²) >= 11 is 0. The van der Waals surface area contributed by atoms with Crippen LogP contribution in [0.15, 0.2) is 17.6 Å². The number of hydrogen-bond acceptors (Lipinski definition) is 2. The molecule has 0 aromatic heterocycles. The Morgan fingerprint density at radius 1 is 1.32 bits per heavy atom. The number of likely N-dealkylation sites (tertiary alicyclic amines) is 1. The first kappa shape index (κ1) is 21.7. The summed E-state index contributed by atoms with van der Waals surface area (Å²) < 4.78 is 0. The predicted octanol–water partition coefficient (Wildman–Crippen LogP) is 3.34. The lowest BCUT2D eigenvalue weighted by Gasteiger charge is -2.41. The number of unbranched alkanes of at least 4 members (excludes halogenated alkanes) is 1. The van der Waals surface area contributed by atoms with Gasteiger partial charge in [-0.1, -0.05) is 12.5 Å². The Morgan fingerprint density at radius 2 is 1.95 bits per heavy atom. The van der Waals surface area contributed by atoms with Gasteiger partial charge in [0.2, 0.25) is 0 Å². The minimum atomic E-state index is 0. The lowest BCUT2D eigenvalue weighted by molar-refractivity contribution is 0.0977. The van der Waals surface area contributed by atoms with Crippen molar-refractivity contribution in [2.45, 2.75) is 51.5 Å². The second-order valence-electron chi connectivity index (χ2n) is 6.61. The number of hydrogen-bond donors (Lipinski definition) is 1. The van der Waals surface area contributed by atoms with Gasteiger partial charge in [-0.3, -0.25) is 9.89 Å². The average Bonchev–Trinajstić information content (AvgIpc) is 2.49. The minimum absolute atomic E-state index is 0. The number of allylic oxidation sites excluding steroid dienone is 1. The van der Waals surface area contributed by atoms with Crippen molar-refractivity contribution < 1.29 is 0 Å². The van der Waals surface area contributed by atoms with Gasteiger partial charge in [0.25, 0.3) is 0 Å². The van der Waals surface area contributed by atoms with E-state index in [0.29, 0.717) is 0 Å². The average molecular weight is 422 g/mol. The van der Waals surface area contributed by atoms with Crippen molar-refractivity contribution in [2.24, 2.45) is 4.99 Å². The molecular formula is C17H35IN4. The molecule has 1 heterocycles. The van der Waals surface area contributed by atoms with Crippen LogP contribution in [0.2, 0.25) is 0 Å². The van der Waals surface area contributed by atoms with Gasteiger partial charge in [-0.15, -0.1) is 30.6 Å². The molecule has 0 spiro atoms. The Balaban J connectivity index is 0.00000441. The molecule has 0 atom stereocenters. The van der Waals surface area contributed by atoms with Gasteiger partial charge in [-0.05, 0) is 52.6 Å². The van der Waals surface area contributed by atoms with Crippen LogP contribution in [0.4, 0.5) is 0 Å². The van der Waals surface area contributed by atoms with Crippen LogP contribution in [0.1, 0.15) is 46.0 Å². The van der Waals surface area contributed by atoms with Gasteiger partial charge in [-0.2, -0.15) is 0 Å². The predicted molar refractivity (Wildman–Crippen MR) is 108 cm³/mol. The van der Waals surface area contributed by atoms with Crippen LogP contribution in [0.5, 0.6) is 0 Å².